The molecule has 1 heterocycles. The molecule has 0 fully saturated rings. The number of oxazole rings is 1. The molecule has 7 heteroatoms. The number of aromatic nitrogens is 1. The minimum Gasteiger partial charge on any atom is -0.444 e. The van der Waals surface area contributed by atoms with Gasteiger partial charge in [0.2, 0.25) is 5.89 Å². The van der Waals surface area contributed by atoms with Gasteiger partial charge in [0.1, 0.15) is 5.76 Å². The zero-order valence-corrected chi connectivity index (χ0v) is 10.6. The lowest BCUT2D eigenvalue weighted by Gasteiger charge is -2.07. The van der Waals surface area contributed by atoms with Crippen LogP contribution in [0.15, 0.2) is 28.8 Å². The highest BCUT2D eigenvalue weighted by atomic mass is 16.6. The molecule has 7 nitrogen and oxygen atoms in total. The Kier molecular flexibility index (Phi) is 3.65. The molecule has 0 saturated carbocycles. The van der Waals surface area contributed by atoms with Gasteiger partial charge in [-0.05, 0) is 13.0 Å². The highest BCUT2D eigenvalue weighted by molar-refractivity contribution is 5.63. The van der Waals surface area contributed by atoms with Crippen molar-refractivity contribution in [2.75, 3.05) is 17.7 Å². The van der Waals surface area contributed by atoms with Gasteiger partial charge in [0, 0.05) is 30.6 Å². The van der Waals surface area contributed by atoms with Crippen molar-refractivity contribution in [2.24, 2.45) is 0 Å². The Balaban J connectivity index is 2.15. The van der Waals surface area contributed by atoms with Gasteiger partial charge in [0.25, 0.3) is 5.69 Å². The van der Waals surface area contributed by atoms with E-state index in [1.54, 1.807) is 19.3 Å². The molecule has 0 amide bonds. The molecule has 0 aliphatic heterocycles. The van der Waals surface area contributed by atoms with Crippen LogP contribution < -0.4 is 10.6 Å². The van der Waals surface area contributed by atoms with E-state index in [0.29, 0.717) is 23.8 Å². The second kappa shape index (κ2) is 5.38. The second-order valence-electron chi connectivity index (χ2n) is 3.99. The monoisotopic (exact) mass is 262 g/mol. The maximum absolute atomic E-state index is 10.8. The molecule has 1 aromatic heterocycles. The molecule has 0 spiro atoms. The van der Waals surface area contributed by atoms with Crippen molar-refractivity contribution in [3.05, 3.63) is 46.2 Å². The lowest BCUT2D eigenvalue weighted by atomic mass is 10.2. The molecule has 19 heavy (non-hydrogen) atoms. The summed E-state index contributed by atoms with van der Waals surface area (Å²) in [5, 5.41) is 16.7. The number of aryl methyl sites for hydroxylation is 1. The minimum atomic E-state index is -0.429. The van der Waals surface area contributed by atoms with E-state index in [9.17, 15) is 10.1 Å². The number of nitrogens with one attached hydrogen (secondary N) is 2. The average Bonchev–Trinajstić information content (AvgIpc) is 2.81. The Bertz CT molecular complexity index is 594. The van der Waals surface area contributed by atoms with Crippen molar-refractivity contribution < 1.29 is 9.34 Å². The van der Waals surface area contributed by atoms with E-state index < -0.39 is 4.92 Å². The van der Waals surface area contributed by atoms with E-state index in [1.807, 2.05) is 6.92 Å². The van der Waals surface area contributed by atoms with Gasteiger partial charge in [-0.15, -0.1) is 0 Å². The molecule has 0 atom stereocenters. The fourth-order valence-electron chi connectivity index (χ4n) is 1.62. The Morgan fingerprint density at radius 1 is 1.37 bits per heavy atom. The Hall–Kier alpha value is -2.57. The molecule has 2 rings (SSSR count). The van der Waals surface area contributed by atoms with E-state index in [-0.39, 0.29) is 5.69 Å². The molecule has 2 aromatic rings. The summed E-state index contributed by atoms with van der Waals surface area (Å²) in [5.41, 5.74) is 1.33. The third kappa shape index (κ3) is 3.21. The van der Waals surface area contributed by atoms with Crippen LogP contribution in [0.2, 0.25) is 0 Å². The average molecular weight is 262 g/mol. The van der Waals surface area contributed by atoms with Crippen molar-refractivity contribution in [3.8, 4) is 0 Å². The molecular weight excluding hydrogens is 248 g/mol. The number of rotatable bonds is 5. The van der Waals surface area contributed by atoms with Crippen molar-refractivity contribution >= 4 is 17.1 Å². The molecular formula is C12H14N4O3. The first kappa shape index (κ1) is 12.9. The fraction of sp³-hybridized carbons (Fsp3) is 0.250. The zero-order chi connectivity index (χ0) is 13.8. The Labute approximate surface area is 109 Å². The second-order valence-corrected chi connectivity index (χ2v) is 3.99. The standard InChI is InChI=1S/C12H14N4O3/c1-8-6-15-12(19-8)7-14-10-3-9(13-2)4-11(5-10)16(17)18/h3-6,13-14H,7H2,1-2H3. The third-order valence-electron chi connectivity index (χ3n) is 2.53. The molecule has 0 saturated heterocycles. The maximum Gasteiger partial charge on any atom is 0.273 e. The molecule has 0 bridgehead atoms. The van der Waals surface area contributed by atoms with Crippen LogP contribution in [-0.2, 0) is 6.54 Å². The van der Waals surface area contributed by atoms with Gasteiger partial charge < -0.3 is 15.1 Å². The van der Waals surface area contributed by atoms with Crippen LogP contribution in [0.3, 0.4) is 0 Å². The van der Waals surface area contributed by atoms with Crippen LogP contribution in [0.25, 0.3) is 0 Å². The third-order valence-corrected chi connectivity index (χ3v) is 2.53. The number of anilines is 2. The van der Waals surface area contributed by atoms with Crippen molar-refractivity contribution in [1.29, 1.82) is 0 Å². The summed E-state index contributed by atoms with van der Waals surface area (Å²) in [6, 6.07) is 4.72. The predicted molar refractivity (Wildman–Crippen MR) is 71.2 cm³/mol. The highest BCUT2D eigenvalue weighted by Gasteiger charge is 2.09. The van der Waals surface area contributed by atoms with E-state index in [4.69, 9.17) is 4.42 Å². The lowest BCUT2D eigenvalue weighted by Crippen LogP contribution is -2.01. The molecule has 1 aromatic carbocycles. The van der Waals surface area contributed by atoms with Crippen LogP contribution in [0.5, 0.6) is 0 Å². The van der Waals surface area contributed by atoms with E-state index in [0.717, 1.165) is 5.76 Å². The van der Waals surface area contributed by atoms with Crippen molar-refractivity contribution in [1.82, 2.24) is 4.98 Å². The van der Waals surface area contributed by atoms with Crippen LogP contribution in [0, 0.1) is 17.0 Å². The summed E-state index contributed by atoms with van der Waals surface area (Å²) in [7, 11) is 1.71. The summed E-state index contributed by atoms with van der Waals surface area (Å²) in [6.07, 6.45) is 1.63. The summed E-state index contributed by atoms with van der Waals surface area (Å²) >= 11 is 0. The molecule has 2 N–H and O–H groups in total. The van der Waals surface area contributed by atoms with E-state index >= 15 is 0 Å². The number of hydrogen-bond donors (Lipinski definition) is 2. The van der Waals surface area contributed by atoms with Crippen molar-refractivity contribution in [2.45, 2.75) is 13.5 Å². The van der Waals surface area contributed by atoms with Gasteiger partial charge >= 0.3 is 0 Å². The van der Waals surface area contributed by atoms with Crippen LogP contribution in [0.4, 0.5) is 17.1 Å². The van der Waals surface area contributed by atoms with Gasteiger partial charge in [0.05, 0.1) is 17.7 Å². The number of nitro benzene ring substituents is 1. The smallest absolute Gasteiger partial charge is 0.273 e. The normalized spacial score (nSPS) is 10.2. The number of nitro groups is 1. The molecule has 100 valence electrons. The lowest BCUT2D eigenvalue weighted by molar-refractivity contribution is -0.384. The predicted octanol–water partition coefficient (Wildman–Crippen LogP) is 2.55. The zero-order valence-electron chi connectivity index (χ0n) is 10.6. The molecule has 0 aliphatic carbocycles. The number of non-ortho nitro benzene ring substituents is 1. The maximum atomic E-state index is 10.8. The minimum absolute atomic E-state index is 0.0259. The molecule has 0 unspecified atom stereocenters. The molecule has 0 aliphatic rings. The van der Waals surface area contributed by atoms with Crippen molar-refractivity contribution in [3.63, 3.8) is 0 Å². The van der Waals surface area contributed by atoms with Crippen LogP contribution in [0.1, 0.15) is 11.7 Å². The first-order chi connectivity index (χ1) is 9.08. The van der Waals surface area contributed by atoms with Gasteiger partial charge in [-0.3, -0.25) is 10.1 Å². The van der Waals surface area contributed by atoms with E-state index in [1.165, 1.54) is 12.1 Å². The van der Waals surface area contributed by atoms with Crippen LogP contribution >= 0.6 is 0 Å². The molecule has 0 radical (unpaired) electrons. The summed E-state index contributed by atoms with van der Waals surface area (Å²) < 4.78 is 5.32. The van der Waals surface area contributed by atoms with Gasteiger partial charge in [-0.25, -0.2) is 4.98 Å². The SMILES string of the molecule is CNc1cc(NCc2ncc(C)o2)cc([N+](=O)[O-])c1. The number of nitrogens with zero attached hydrogens (tertiary/aromatic N) is 2. The largest absolute Gasteiger partial charge is 0.444 e. The van der Waals surface area contributed by atoms with Gasteiger partial charge in [-0.1, -0.05) is 0 Å². The van der Waals surface area contributed by atoms with Gasteiger partial charge in [0.15, 0.2) is 0 Å². The van der Waals surface area contributed by atoms with E-state index in [2.05, 4.69) is 15.6 Å². The first-order valence-electron chi connectivity index (χ1n) is 5.71. The summed E-state index contributed by atoms with van der Waals surface area (Å²) in [5.74, 6) is 1.27. The van der Waals surface area contributed by atoms with Crippen LogP contribution in [-0.4, -0.2) is 17.0 Å². The quantitative estimate of drug-likeness (QED) is 0.635. The van der Waals surface area contributed by atoms with Gasteiger partial charge in [-0.2, -0.15) is 0 Å². The fourth-order valence-corrected chi connectivity index (χ4v) is 1.62. The topological polar surface area (TPSA) is 93.2 Å². The summed E-state index contributed by atoms with van der Waals surface area (Å²) in [4.78, 5) is 14.4. The number of benzene rings is 1. The Morgan fingerprint density at radius 3 is 2.68 bits per heavy atom. The highest BCUT2D eigenvalue weighted by Crippen LogP contribution is 2.24. The first-order valence-corrected chi connectivity index (χ1v) is 5.71. The summed E-state index contributed by atoms with van der Waals surface area (Å²) in [6.45, 7) is 2.18. The number of hydrogen-bond acceptors (Lipinski definition) is 6. The Morgan fingerprint density at radius 2 is 2.11 bits per heavy atom.